The number of methoxy groups -OCH3 is 1. The Morgan fingerprint density at radius 1 is 1.41 bits per heavy atom. The second-order valence-corrected chi connectivity index (χ2v) is 7.36. The molecule has 1 heterocycles. The zero-order valence-electron chi connectivity index (χ0n) is 12.9. The van der Waals surface area contributed by atoms with Crippen molar-refractivity contribution in [3.05, 3.63) is 35.4 Å². The van der Waals surface area contributed by atoms with Crippen LogP contribution < -0.4 is 5.32 Å². The highest BCUT2D eigenvalue weighted by molar-refractivity contribution is 7.88. The Labute approximate surface area is 131 Å². The van der Waals surface area contributed by atoms with Crippen LogP contribution in [0.1, 0.15) is 28.8 Å². The second-order valence-electron chi connectivity index (χ2n) is 5.39. The molecular formula is C15H22N2O4S. The number of likely N-dealkylation sites (N-methyl/N-ethyl adjacent to an activating group) is 1. The van der Waals surface area contributed by atoms with Crippen molar-refractivity contribution >= 4 is 16.0 Å². The standard InChI is InChI=1S/C15H22N2O4S/c1-16-13-7-5-9-17(10-13)22(19,20)11-12-6-3-4-8-14(12)15(18)21-2/h3-4,6,8,13,16H,5,7,9-11H2,1-2H3. The Morgan fingerprint density at radius 3 is 2.82 bits per heavy atom. The summed E-state index contributed by atoms with van der Waals surface area (Å²) in [7, 11) is -0.330. The molecular weight excluding hydrogens is 304 g/mol. The van der Waals surface area contributed by atoms with E-state index in [-0.39, 0.29) is 11.8 Å². The number of benzene rings is 1. The van der Waals surface area contributed by atoms with Crippen molar-refractivity contribution in [3.63, 3.8) is 0 Å². The van der Waals surface area contributed by atoms with E-state index in [1.54, 1.807) is 24.3 Å². The molecule has 7 heteroatoms. The highest BCUT2D eigenvalue weighted by Crippen LogP contribution is 2.20. The van der Waals surface area contributed by atoms with Gasteiger partial charge in [-0.1, -0.05) is 18.2 Å². The lowest BCUT2D eigenvalue weighted by Crippen LogP contribution is -2.47. The van der Waals surface area contributed by atoms with Gasteiger partial charge in [-0.2, -0.15) is 0 Å². The van der Waals surface area contributed by atoms with Crippen molar-refractivity contribution in [2.24, 2.45) is 0 Å². The number of hydrogen-bond donors (Lipinski definition) is 1. The lowest BCUT2D eigenvalue weighted by molar-refractivity contribution is 0.0600. The predicted molar refractivity (Wildman–Crippen MR) is 84.1 cm³/mol. The summed E-state index contributed by atoms with van der Waals surface area (Å²) in [5.74, 6) is -0.702. The second kappa shape index (κ2) is 7.21. The van der Waals surface area contributed by atoms with Gasteiger partial charge >= 0.3 is 5.97 Å². The smallest absolute Gasteiger partial charge is 0.338 e. The maximum atomic E-state index is 12.6. The van der Waals surface area contributed by atoms with Gasteiger partial charge in [0, 0.05) is 19.1 Å². The lowest BCUT2D eigenvalue weighted by atomic mass is 10.1. The molecule has 1 saturated heterocycles. The SMILES string of the molecule is CNC1CCCN(S(=O)(=O)Cc2ccccc2C(=O)OC)C1. The molecule has 122 valence electrons. The number of nitrogens with one attached hydrogen (secondary N) is 1. The van der Waals surface area contributed by atoms with Gasteiger partial charge in [-0.05, 0) is 31.5 Å². The fourth-order valence-electron chi connectivity index (χ4n) is 2.67. The minimum Gasteiger partial charge on any atom is -0.465 e. The first-order valence-corrected chi connectivity index (χ1v) is 8.90. The summed E-state index contributed by atoms with van der Waals surface area (Å²) in [6.45, 7) is 1.00. The van der Waals surface area contributed by atoms with E-state index in [1.165, 1.54) is 11.4 Å². The molecule has 1 aromatic carbocycles. The van der Waals surface area contributed by atoms with E-state index in [9.17, 15) is 13.2 Å². The highest BCUT2D eigenvalue weighted by atomic mass is 32.2. The van der Waals surface area contributed by atoms with Crippen LogP contribution in [-0.2, 0) is 20.5 Å². The predicted octanol–water partition coefficient (Wildman–Crippen LogP) is 0.987. The topological polar surface area (TPSA) is 75.7 Å². The van der Waals surface area contributed by atoms with Crippen molar-refractivity contribution in [3.8, 4) is 0 Å². The number of ether oxygens (including phenoxy) is 1. The van der Waals surface area contributed by atoms with Crippen molar-refractivity contribution in [1.82, 2.24) is 9.62 Å². The van der Waals surface area contributed by atoms with Crippen molar-refractivity contribution < 1.29 is 17.9 Å². The highest BCUT2D eigenvalue weighted by Gasteiger charge is 2.29. The number of rotatable bonds is 5. The van der Waals surface area contributed by atoms with Gasteiger partial charge in [-0.15, -0.1) is 0 Å². The molecule has 0 radical (unpaired) electrons. The monoisotopic (exact) mass is 326 g/mol. The van der Waals surface area contributed by atoms with E-state index in [1.807, 2.05) is 7.05 Å². The number of esters is 1. The Kier molecular flexibility index (Phi) is 5.55. The third kappa shape index (κ3) is 3.85. The molecule has 0 bridgehead atoms. The molecule has 1 atom stereocenters. The van der Waals surface area contributed by atoms with E-state index in [4.69, 9.17) is 4.74 Å². The summed E-state index contributed by atoms with van der Waals surface area (Å²) < 4.78 is 31.5. The van der Waals surface area contributed by atoms with Gasteiger partial charge in [-0.3, -0.25) is 0 Å². The molecule has 1 fully saturated rings. The first-order chi connectivity index (χ1) is 10.5. The number of sulfonamides is 1. The van der Waals surface area contributed by atoms with Crippen molar-refractivity contribution in [2.45, 2.75) is 24.6 Å². The molecule has 2 rings (SSSR count). The van der Waals surface area contributed by atoms with Gasteiger partial charge in [0.2, 0.25) is 10.0 Å². The first-order valence-electron chi connectivity index (χ1n) is 7.29. The van der Waals surface area contributed by atoms with Crippen LogP contribution in [-0.4, -0.2) is 52.0 Å². The minimum absolute atomic E-state index is 0.180. The van der Waals surface area contributed by atoms with E-state index in [0.29, 0.717) is 24.2 Å². The van der Waals surface area contributed by atoms with E-state index in [0.717, 1.165) is 12.8 Å². The maximum absolute atomic E-state index is 12.6. The van der Waals surface area contributed by atoms with E-state index < -0.39 is 16.0 Å². The number of carbonyl (C=O) groups excluding carboxylic acids is 1. The zero-order chi connectivity index (χ0) is 16.2. The molecule has 1 aliphatic rings. The summed E-state index contributed by atoms with van der Waals surface area (Å²) in [5.41, 5.74) is 0.775. The number of piperidine rings is 1. The fraction of sp³-hybridized carbons (Fsp3) is 0.533. The quantitative estimate of drug-likeness (QED) is 0.817. The average Bonchev–Trinajstić information content (AvgIpc) is 2.54. The third-order valence-electron chi connectivity index (χ3n) is 3.95. The zero-order valence-corrected chi connectivity index (χ0v) is 13.7. The summed E-state index contributed by atoms with van der Waals surface area (Å²) >= 11 is 0. The summed E-state index contributed by atoms with van der Waals surface area (Å²) in [6, 6.07) is 6.84. The van der Waals surface area contributed by atoms with Gasteiger partial charge < -0.3 is 10.1 Å². The summed E-state index contributed by atoms with van der Waals surface area (Å²) in [6.07, 6.45) is 1.81. The molecule has 0 amide bonds. The molecule has 1 N–H and O–H groups in total. The molecule has 0 spiro atoms. The van der Waals surface area contributed by atoms with Crippen molar-refractivity contribution in [1.29, 1.82) is 0 Å². The number of hydrogen-bond acceptors (Lipinski definition) is 5. The molecule has 0 saturated carbocycles. The fourth-order valence-corrected chi connectivity index (χ4v) is 4.32. The average molecular weight is 326 g/mol. The van der Waals surface area contributed by atoms with Crippen LogP contribution in [0.2, 0.25) is 0 Å². The molecule has 22 heavy (non-hydrogen) atoms. The van der Waals surface area contributed by atoms with Gasteiger partial charge in [0.15, 0.2) is 0 Å². The van der Waals surface area contributed by atoms with Crippen molar-refractivity contribution in [2.75, 3.05) is 27.2 Å². The Morgan fingerprint density at radius 2 is 2.14 bits per heavy atom. The van der Waals surface area contributed by atoms with Crippen LogP contribution in [0.5, 0.6) is 0 Å². The van der Waals surface area contributed by atoms with E-state index in [2.05, 4.69) is 5.32 Å². The first kappa shape index (κ1) is 16.9. The largest absolute Gasteiger partial charge is 0.465 e. The molecule has 0 aliphatic carbocycles. The van der Waals surface area contributed by atoms with Gasteiger partial charge in [0.1, 0.15) is 0 Å². The molecule has 0 aromatic heterocycles. The number of nitrogens with zero attached hydrogens (tertiary/aromatic N) is 1. The lowest BCUT2D eigenvalue weighted by Gasteiger charge is -2.31. The molecule has 1 aromatic rings. The van der Waals surface area contributed by atoms with Crippen LogP contribution >= 0.6 is 0 Å². The molecule has 1 unspecified atom stereocenters. The van der Waals surface area contributed by atoms with Gasteiger partial charge in [0.25, 0.3) is 0 Å². The van der Waals surface area contributed by atoms with Gasteiger partial charge in [0.05, 0.1) is 18.4 Å². The molecule has 6 nitrogen and oxygen atoms in total. The van der Waals surface area contributed by atoms with Crippen LogP contribution in [0.4, 0.5) is 0 Å². The third-order valence-corrected chi connectivity index (χ3v) is 5.74. The Bertz CT molecular complexity index is 630. The maximum Gasteiger partial charge on any atom is 0.338 e. The molecule has 1 aliphatic heterocycles. The summed E-state index contributed by atoms with van der Waals surface area (Å²) in [4.78, 5) is 11.8. The van der Waals surface area contributed by atoms with Crippen LogP contribution in [0.15, 0.2) is 24.3 Å². The number of carbonyl (C=O) groups is 1. The Hall–Kier alpha value is -1.44. The van der Waals surface area contributed by atoms with Crippen LogP contribution in [0.3, 0.4) is 0 Å². The van der Waals surface area contributed by atoms with Crippen LogP contribution in [0.25, 0.3) is 0 Å². The normalized spacial score (nSPS) is 19.8. The van der Waals surface area contributed by atoms with E-state index >= 15 is 0 Å². The summed E-state index contributed by atoms with van der Waals surface area (Å²) in [5, 5.41) is 3.13. The van der Waals surface area contributed by atoms with Crippen LogP contribution in [0, 0.1) is 0 Å². The Balaban J connectivity index is 2.20. The van der Waals surface area contributed by atoms with Gasteiger partial charge in [-0.25, -0.2) is 17.5 Å². The minimum atomic E-state index is -3.46.